The number of halogens is 1. The van der Waals surface area contributed by atoms with Crippen molar-refractivity contribution in [2.45, 2.75) is 62.3 Å². The summed E-state index contributed by atoms with van der Waals surface area (Å²) in [6.45, 7) is 1.00. The summed E-state index contributed by atoms with van der Waals surface area (Å²) >= 11 is 3.86. The Morgan fingerprint density at radius 1 is 1.14 bits per heavy atom. The largest absolute Gasteiger partial charge is 0.378 e. The standard InChI is InChI=1S/C12H21BrO/c13-12(10-4-1-2-5-10)8-7-11-6-3-9-14-11/h10-12H,1-9H2. The van der Waals surface area contributed by atoms with Crippen LogP contribution in [0.25, 0.3) is 0 Å². The Morgan fingerprint density at radius 2 is 1.93 bits per heavy atom. The van der Waals surface area contributed by atoms with Gasteiger partial charge in [-0.2, -0.15) is 0 Å². The molecule has 2 rings (SSSR count). The summed E-state index contributed by atoms with van der Waals surface area (Å²) in [6.07, 6.45) is 11.5. The van der Waals surface area contributed by atoms with Gasteiger partial charge < -0.3 is 4.74 Å². The Morgan fingerprint density at radius 3 is 2.57 bits per heavy atom. The normalized spacial score (nSPS) is 31.1. The molecule has 14 heavy (non-hydrogen) atoms. The van der Waals surface area contributed by atoms with Gasteiger partial charge in [-0.3, -0.25) is 0 Å². The average Bonchev–Trinajstić information content (AvgIpc) is 2.87. The van der Waals surface area contributed by atoms with Crippen molar-refractivity contribution < 1.29 is 4.74 Å². The van der Waals surface area contributed by atoms with Gasteiger partial charge in [0.2, 0.25) is 0 Å². The summed E-state index contributed by atoms with van der Waals surface area (Å²) < 4.78 is 5.65. The summed E-state index contributed by atoms with van der Waals surface area (Å²) in [5, 5.41) is 0. The van der Waals surface area contributed by atoms with E-state index in [0.29, 0.717) is 6.10 Å². The minimum absolute atomic E-state index is 0.580. The highest BCUT2D eigenvalue weighted by atomic mass is 79.9. The Balaban J connectivity index is 1.63. The van der Waals surface area contributed by atoms with E-state index in [4.69, 9.17) is 4.74 Å². The highest BCUT2D eigenvalue weighted by molar-refractivity contribution is 9.09. The van der Waals surface area contributed by atoms with E-state index < -0.39 is 0 Å². The fourth-order valence-electron chi connectivity index (χ4n) is 2.77. The van der Waals surface area contributed by atoms with Crippen LogP contribution >= 0.6 is 15.9 Å². The fourth-order valence-corrected chi connectivity index (χ4v) is 3.56. The molecule has 1 aliphatic heterocycles. The molecule has 0 aromatic heterocycles. The Hall–Kier alpha value is 0.440. The van der Waals surface area contributed by atoms with Gasteiger partial charge in [-0.1, -0.05) is 28.8 Å². The Kier molecular flexibility index (Phi) is 4.30. The lowest BCUT2D eigenvalue weighted by Gasteiger charge is -2.18. The molecule has 1 aliphatic carbocycles. The van der Waals surface area contributed by atoms with Crippen LogP contribution in [0.2, 0.25) is 0 Å². The number of rotatable bonds is 4. The minimum Gasteiger partial charge on any atom is -0.378 e. The van der Waals surface area contributed by atoms with E-state index in [2.05, 4.69) is 15.9 Å². The van der Waals surface area contributed by atoms with Crippen molar-refractivity contribution >= 4 is 15.9 Å². The zero-order valence-electron chi connectivity index (χ0n) is 8.88. The first-order valence-corrected chi connectivity index (χ1v) is 7.03. The topological polar surface area (TPSA) is 9.23 Å². The molecule has 0 N–H and O–H groups in total. The van der Waals surface area contributed by atoms with Crippen molar-refractivity contribution in [1.29, 1.82) is 0 Å². The molecule has 1 saturated carbocycles. The van der Waals surface area contributed by atoms with Gasteiger partial charge in [0.1, 0.15) is 0 Å². The summed E-state index contributed by atoms with van der Waals surface area (Å²) in [5.41, 5.74) is 0. The first-order chi connectivity index (χ1) is 6.86. The smallest absolute Gasteiger partial charge is 0.0576 e. The van der Waals surface area contributed by atoms with Crippen LogP contribution in [-0.4, -0.2) is 17.5 Å². The van der Waals surface area contributed by atoms with Crippen LogP contribution in [0.4, 0.5) is 0 Å². The third-order valence-electron chi connectivity index (χ3n) is 3.70. The summed E-state index contributed by atoms with van der Waals surface area (Å²) in [6, 6.07) is 0. The number of hydrogen-bond donors (Lipinski definition) is 0. The zero-order chi connectivity index (χ0) is 9.80. The third-order valence-corrected chi connectivity index (χ3v) is 4.91. The van der Waals surface area contributed by atoms with Crippen LogP contribution in [0.3, 0.4) is 0 Å². The van der Waals surface area contributed by atoms with E-state index >= 15 is 0 Å². The molecule has 82 valence electrons. The molecule has 0 aromatic rings. The van der Waals surface area contributed by atoms with Gasteiger partial charge in [0.05, 0.1) is 6.10 Å². The predicted molar refractivity (Wildman–Crippen MR) is 62.9 cm³/mol. The molecule has 1 saturated heterocycles. The van der Waals surface area contributed by atoms with E-state index in [1.807, 2.05) is 0 Å². The number of alkyl halides is 1. The molecule has 0 amide bonds. The molecular weight excluding hydrogens is 240 g/mol. The van der Waals surface area contributed by atoms with Crippen molar-refractivity contribution in [1.82, 2.24) is 0 Å². The number of ether oxygens (including phenoxy) is 1. The molecule has 0 bridgehead atoms. The van der Waals surface area contributed by atoms with E-state index in [9.17, 15) is 0 Å². The lowest BCUT2D eigenvalue weighted by molar-refractivity contribution is 0.101. The Labute approximate surface area is 95.7 Å². The van der Waals surface area contributed by atoms with Crippen molar-refractivity contribution in [3.63, 3.8) is 0 Å². The van der Waals surface area contributed by atoms with Crippen LogP contribution in [-0.2, 0) is 4.74 Å². The van der Waals surface area contributed by atoms with E-state index in [1.165, 1.54) is 51.4 Å². The Bertz CT molecular complexity index is 160. The molecule has 0 aromatic carbocycles. The molecular formula is C12H21BrO. The second-order valence-corrected chi connectivity index (χ2v) is 5.95. The van der Waals surface area contributed by atoms with Gasteiger partial charge >= 0.3 is 0 Å². The SMILES string of the molecule is BrC(CCC1CCCO1)C1CCCC1. The zero-order valence-corrected chi connectivity index (χ0v) is 10.5. The minimum atomic E-state index is 0.580. The van der Waals surface area contributed by atoms with Crippen molar-refractivity contribution in [3.8, 4) is 0 Å². The summed E-state index contributed by atoms with van der Waals surface area (Å²) in [4.78, 5) is 0.759. The second kappa shape index (κ2) is 5.50. The van der Waals surface area contributed by atoms with Gasteiger partial charge in [-0.05, 0) is 44.4 Å². The van der Waals surface area contributed by atoms with Gasteiger partial charge in [-0.25, -0.2) is 0 Å². The van der Waals surface area contributed by atoms with Crippen molar-refractivity contribution in [2.24, 2.45) is 5.92 Å². The summed E-state index contributed by atoms with van der Waals surface area (Å²) in [7, 11) is 0. The summed E-state index contributed by atoms with van der Waals surface area (Å²) in [5.74, 6) is 0.955. The van der Waals surface area contributed by atoms with E-state index in [-0.39, 0.29) is 0 Å². The lowest BCUT2D eigenvalue weighted by atomic mass is 9.98. The van der Waals surface area contributed by atoms with Crippen LogP contribution < -0.4 is 0 Å². The van der Waals surface area contributed by atoms with Gasteiger partial charge in [0.25, 0.3) is 0 Å². The van der Waals surface area contributed by atoms with Crippen LogP contribution in [0, 0.1) is 5.92 Å². The van der Waals surface area contributed by atoms with Crippen molar-refractivity contribution in [2.75, 3.05) is 6.61 Å². The van der Waals surface area contributed by atoms with Crippen LogP contribution in [0.15, 0.2) is 0 Å². The maximum Gasteiger partial charge on any atom is 0.0576 e. The molecule has 2 unspecified atom stereocenters. The molecule has 0 spiro atoms. The maximum atomic E-state index is 5.65. The predicted octanol–water partition coefficient (Wildman–Crippen LogP) is 3.90. The van der Waals surface area contributed by atoms with Crippen LogP contribution in [0.1, 0.15) is 51.4 Å². The van der Waals surface area contributed by atoms with Crippen molar-refractivity contribution in [3.05, 3.63) is 0 Å². The lowest BCUT2D eigenvalue weighted by Crippen LogP contribution is -2.14. The highest BCUT2D eigenvalue weighted by Crippen LogP contribution is 2.34. The molecule has 1 heterocycles. The number of hydrogen-bond acceptors (Lipinski definition) is 1. The fraction of sp³-hybridized carbons (Fsp3) is 1.00. The molecule has 2 heteroatoms. The molecule has 1 nitrogen and oxygen atoms in total. The first-order valence-electron chi connectivity index (χ1n) is 6.12. The van der Waals surface area contributed by atoms with Gasteiger partial charge in [0.15, 0.2) is 0 Å². The maximum absolute atomic E-state index is 5.65. The van der Waals surface area contributed by atoms with Gasteiger partial charge in [0, 0.05) is 11.4 Å². The quantitative estimate of drug-likeness (QED) is 0.697. The van der Waals surface area contributed by atoms with Gasteiger partial charge in [-0.15, -0.1) is 0 Å². The first kappa shape index (κ1) is 10.9. The molecule has 2 atom stereocenters. The average molecular weight is 261 g/mol. The molecule has 0 radical (unpaired) electrons. The van der Waals surface area contributed by atoms with E-state index in [1.54, 1.807) is 0 Å². The third kappa shape index (κ3) is 2.96. The monoisotopic (exact) mass is 260 g/mol. The second-order valence-electron chi connectivity index (χ2n) is 4.77. The molecule has 2 aliphatic rings. The highest BCUT2D eigenvalue weighted by Gasteiger charge is 2.24. The van der Waals surface area contributed by atoms with Crippen LogP contribution in [0.5, 0.6) is 0 Å². The van der Waals surface area contributed by atoms with E-state index in [0.717, 1.165) is 17.4 Å². The molecule has 2 fully saturated rings.